The standard InChI is InChI=1S/C23H31N5O4S/c1-3-11-25-22(29)17-27(2)23(30)18-9-10-21(28-14-12-24-13-15-28)20(16-18)26-33(31,32)19-7-5-4-6-8-19/h4-10,16,24,26H,3,11-15,17H2,1-2H3,(H,25,29). The van der Waals surface area contributed by atoms with E-state index in [1.165, 1.54) is 17.0 Å². The molecule has 1 aliphatic heterocycles. The van der Waals surface area contributed by atoms with E-state index in [4.69, 9.17) is 0 Å². The van der Waals surface area contributed by atoms with Crippen LogP contribution in [0.4, 0.5) is 11.4 Å². The Morgan fingerprint density at radius 1 is 1.09 bits per heavy atom. The molecule has 0 aliphatic carbocycles. The van der Waals surface area contributed by atoms with Crippen molar-refractivity contribution >= 4 is 33.2 Å². The van der Waals surface area contributed by atoms with Gasteiger partial charge in [0, 0.05) is 45.3 Å². The van der Waals surface area contributed by atoms with Gasteiger partial charge in [0.1, 0.15) is 0 Å². The molecule has 0 aromatic heterocycles. The second kappa shape index (κ2) is 11.2. The molecule has 10 heteroatoms. The highest BCUT2D eigenvalue weighted by Crippen LogP contribution is 2.30. The van der Waals surface area contributed by atoms with Crippen molar-refractivity contribution in [3.05, 3.63) is 54.1 Å². The van der Waals surface area contributed by atoms with E-state index in [0.29, 0.717) is 36.6 Å². The number of likely N-dealkylation sites (N-methyl/N-ethyl adjacent to an activating group) is 1. The lowest BCUT2D eigenvalue weighted by molar-refractivity contribution is -0.121. The Kier molecular flexibility index (Phi) is 8.29. The van der Waals surface area contributed by atoms with E-state index >= 15 is 0 Å². The molecule has 0 spiro atoms. The van der Waals surface area contributed by atoms with Crippen LogP contribution in [-0.4, -0.2) is 71.4 Å². The highest BCUT2D eigenvalue weighted by molar-refractivity contribution is 7.92. The third kappa shape index (κ3) is 6.45. The minimum atomic E-state index is -3.85. The molecule has 0 radical (unpaired) electrons. The summed E-state index contributed by atoms with van der Waals surface area (Å²) in [5, 5.41) is 6.02. The number of amides is 2. The molecule has 1 heterocycles. The van der Waals surface area contributed by atoms with Crippen LogP contribution in [0, 0.1) is 0 Å². The normalized spacial score (nSPS) is 13.9. The van der Waals surface area contributed by atoms with Crippen molar-refractivity contribution in [1.82, 2.24) is 15.5 Å². The molecule has 0 atom stereocenters. The topological polar surface area (TPSA) is 111 Å². The number of sulfonamides is 1. The summed E-state index contributed by atoms with van der Waals surface area (Å²) in [7, 11) is -2.30. The Morgan fingerprint density at radius 3 is 2.45 bits per heavy atom. The number of hydrogen-bond donors (Lipinski definition) is 3. The molecule has 9 nitrogen and oxygen atoms in total. The number of anilines is 2. The number of hydrogen-bond acceptors (Lipinski definition) is 6. The van der Waals surface area contributed by atoms with Crippen LogP contribution in [-0.2, 0) is 14.8 Å². The number of carbonyl (C=O) groups excluding carboxylic acids is 2. The number of carbonyl (C=O) groups is 2. The Hall–Kier alpha value is -3.11. The summed E-state index contributed by atoms with van der Waals surface area (Å²) in [6.45, 7) is 5.40. The van der Waals surface area contributed by atoms with Gasteiger partial charge >= 0.3 is 0 Å². The molecule has 1 fully saturated rings. The van der Waals surface area contributed by atoms with E-state index in [1.54, 1.807) is 43.4 Å². The van der Waals surface area contributed by atoms with E-state index in [9.17, 15) is 18.0 Å². The van der Waals surface area contributed by atoms with Crippen molar-refractivity contribution in [2.45, 2.75) is 18.2 Å². The lowest BCUT2D eigenvalue weighted by atomic mass is 10.1. The lowest BCUT2D eigenvalue weighted by Crippen LogP contribution is -2.44. The van der Waals surface area contributed by atoms with Crippen LogP contribution in [0.5, 0.6) is 0 Å². The molecule has 0 unspecified atom stereocenters. The molecule has 3 rings (SSSR count). The zero-order chi connectivity index (χ0) is 23.8. The average molecular weight is 474 g/mol. The van der Waals surface area contributed by atoms with Crippen molar-refractivity contribution in [1.29, 1.82) is 0 Å². The maximum absolute atomic E-state index is 13.0. The quantitative estimate of drug-likeness (QED) is 0.509. The molecular weight excluding hydrogens is 442 g/mol. The minimum Gasteiger partial charge on any atom is -0.367 e. The van der Waals surface area contributed by atoms with Gasteiger partial charge < -0.3 is 20.4 Å². The Labute approximate surface area is 195 Å². The van der Waals surface area contributed by atoms with Crippen LogP contribution in [0.3, 0.4) is 0 Å². The largest absolute Gasteiger partial charge is 0.367 e. The van der Waals surface area contributed by atoms with E-state index < -0.39 is 10.0 Å². The van der Waals surface area contributed by atoms with Gasteiger partial charge in [0.15, 0.2) is 0 Å². The summed E-state index contributed by atoms with van der Waals surface area (Å²) < 4.78 is 28.7. The number of benzene rings is 2. The fourth-order valence-electron chi connectivity index (χ4n) is 3.56. The smallest absolute Gasteiger partial charge is 0.261 e. The van der Waals surface area contributed by atoms with Crippen LogP contribution in [0.15, 0.2) is 53.4 Å². The first-order valence-electron chi connectivity index (χ1n) is 11.0. The van der Waals surface area contributed by atoms with Gasteiger partial charge in [-0.2, -0.15) is 0 Å². The number of nitrogens with zero attached hydrogens (tertiary/aromatic N) is 2. The van der Waals surface area contributed by atoms with E-state index in [2.05, 4.69) is 20.3 Å². The summed E-state index contributed by atoms with van der Waals surface area (Å²) in [4.78, 5) is 28.5. The van der Waals surface area contributed by atoms with Gasteiger partial charge in [0.2, 0.25) is 5.91 Å². The van der Waals surface area contributed by atoms with Gasteiger partial charge in [-0.15, -0.1) is 0 Å². The van der Waals surface area contributed by atoms with Crippen molar-refractivity contribution in [2.24, 2.45) is 0 Å². The van der Waals surface area contributed by atoms with Crippen molar-refractivity contribution < 1.29 is 18.0 Å². The fraction of sp³-hybridized carbons (Fsp3) is 0.391. The predicted octanol–water partition coefficient (Wildman–Crippen LogP) is 1.50. The first-order valence-corrected chi connectivity index (χ1v) is 12.5. The van der Waals surface area contributed by atoms with Gasteiger partial charge in [0.25, 0.3) is 15.9 Å². The monoisotopic (exact) mass is 473 g/mol. The van der Waals surface area contributed by atoms with Gasteiger partial charge in [-0.3, -0.25) is 14.3 Å². The molecule has 2 aromatic rings. The molecule has 3 N–H and O–H groups in total. The molecule has 1 aliphatic rings. The second-order valence-corrected chi connectivity index (χ2v) is 9.58. The third-order valence-corrected chi connectivity index (χ3v) is 6.68. The number of rotatable bonds is 9. The molecule has 2 aromatic carbocycles. The SMILES string of the molecule is CCCNC(=O)CN(C)C(=O)c1ccc(N2CCNCC2)c(NS(=O)(=O)c2ccccc2)c1. The second-order valence-electron chi connectivity index (χ2n) is 7.90. The minimum absolute atomic E-state index is 0.0799. The molecule has 33 heavy (non-hydrogen) atoms. The fourth-order valence-corrected chi connectivity index (χ4v) is 4.65. The van der Waals surface area contributed by atoms with Crippen molar-refractivity contribution in [3.63, 3.8) is 0 Å². The Morgan fingerprint density at radius 2 is 1.79 bits per heavy atom. The van der Waals surface area contributed by atoms with Crippen LogP contribution in [0.25, 0.3) is 0 Å². The molecule has 0 bridgehead atoms. The van der Waals surface area contributed by atoms with Gasteiger partial charge in [-0.1, -0.05) is 25.1 Å². The summed E-state index contributed by atoms with van der Waals surface area (Å²) in [6, 6.07) is 13.1. The van der Waals surface area contributed by atoms with Crippen LogP contribution in [0.1, 0.15) is 23.7 Å². The Balaban J connectivity index is 1.89. The van der Waals surface area contributed by atoms with Gasteiger partial charge in [-0.05, 0) is 36.8 Å². The summed E-state index contributed by atoms with van der Waals surface area (Å²) >= 11 is 0. The summed E-state index contributed by atoms with van der Waals surface area (Å²) in [6.07, 6.45) is 0.807. The molecule has 0 saturated carbocycles. The highest BCUT2D eigenvalue weighted by atomic mass is 32.2. The van der Waals surface area contributed by atoms with Crippen molar-refractivity contribution in [3.8, 4) is 0 Å². The van der Waals surface area contributed by atoms with E-state index in [-0.39, 0.29) is 23.3 Å². The van der Waals surface area contributed by atoms with Crippen molar-refractivity contribution in [2.75, 3.05) is 55.9 Å². The zero-order valence-electron chi connectivity index (χ0n) is 19.0. The first-order chi connectivity index (χ1) is 15.8. The number of nitrogens with one attached hydrogen (secondary N) is 3. The van der Waals surface area contributed by atoms with E-state index in [0.717, 1.165) is 19.5 Å². The predicted molar refractivity (Wildman–Crippen MR) is 129 cm³/mol. The third-order valence-electron chi connectivity index (χ3n) is 5.30. The number of piperazine rings is 1. The maximum atomic E-state index is 13.0. The first kappa shape index (κ1) is 24.5. The summed E-state index contributed by atoms with van der Waals surface area (Å²) in [5.41, 5.74) is 1.33. The lowest BCUT2D eigenvalue weighted by Gasteiger charge is -2.31. The molecule has 178 valence electrons. The van der Waals surface area contributed by atoms with Crippen LogP contribution in [0.2, 0.25) is 0 Å². The van der Waals surface area contributed by atoms with Crippen LogP contribution < -0.4 is 20.3 Å². The molecule has 1 saturated heterocycles. The molecular formula is C23H31N5O4S. The summed E-state index contributed by atoms with van der Waals surface area (Å²) in [5.74, 6) is -0.608. The zero-order valence-corrected chi connectivity index (χ0v) is 19.8. The van der Waals surface area contributed by atoms with Gasteiger partial charge in [-0.25, -0.2) is 8.42 Å². The molecule has 2 amide bonds. The average Bonchev–Trinajstić information content (AvgIpc) is 2.83. The Bertz CT molecular complexity index is 1070. The highest BCUT2D eigenvalue weighted by Gasteiger charge is 2.22. The maximum Gasteiger partial charge on any atom is 0.261 e. The van der Waals surface area contributed by atoms with Crippen LogP contribution >= 0.6 is 0 Å². The van der Waals surface area contributed by atoms with Gasteiger partial charge in [0.05, 0.1) is 22.8 Å². The van der Waals surface area contributed by atoms with E-state index in [1.807, 2.05) is 6.92 Å².